The van der Waals surface area contributed by atoms with Crippen LogP contribution in [-0.4, -0.2) is 22.4 Å². The van der Waals surface area contributed by atoms with E-state index in [-0.39, 0.29) is 5.91 Å². The third-order valence-corrected chi connectivity index (χ3v) is 4.66. The normalized spacial score (nSPS) is 10.8. The number of carbonyl (C=O) groups excluding carboxylic acids is 1. The summed E-state index contributed by atoms with van der Waals surface area (Å²) in [6.45, 7) is 2.61. The first kappa shape index (κ1) is 17.8. The summed E-state index contributed by atoms with van der Waals surface area (Å²) in [6.07, 6.45) is 6.07. The summed E-state index contributed by atoms with van der Waals surface area (Å²) < 4.78 is 0. The number of pyridine rings is 1. The molecule has 3 N–H and O–H groups in total. The Morgan fingerprint density at radius 2 is 1.93 bits per heavy atom. The second-order valence-electron chi connectivity index (χ2n) is 6.82. The van der Waals surface area contributed by atoms with Crippen LogP contribution in [0.3, 0.4) is 0 Å². The Balaban J connectivity index is 1.38. The Morgan fingerprint density at radius 3 is 2.82 bits per heavy atom. The summed E-state index contributed by atoms with van der Waals surface area (Å²) in [5.41, 5.74) is 5.78. The molecule has 0 aliphatic rings. The molecule has 0 saturated carbocycles. The lowest BCUT2D eigenvalue weighted by Gasteiger charge is -2.09. The van der Waals surface area contributed by atoms with Gasteiger partial charge < -0.3 is 15.6 Å². The van der Waals surface area contributed by atoms with Crippen LogP contribution in [0.25, 0.3) is 10.9 Å². The molecule has 140 valence electrons. The molecule has 5 heteroatoms. The van der Waals surface area contributed by atoms with E-state index in [9.17, 15) is 4.79 Å². The maximum absolute atomic E-state index is 12.5. The van der Waals surface area contributed by atoms with Crippen molar-refractivity contribution in [3.05, 3.63) is 89.9 Å². The molecule has 0 fully saturated rings. The fraction of sp³-hybridized carbons (Fsp3) is 0.130. The van der Waals surface area contributed by atoms with E-state index in [1.165, 1.54) is 16.5 Å². The standard InChI is InChI=1S/C23H22N4O/c1-16-5-4-6-19(11-16)27-20-12-18(13-24-15-20)23(28)25-10-9-17-14-26-22-8-3-2-7-21(17)22/h2-8,11-15,26-27H,9-10H2,1H3,(H,25,28). The van der Waals surface area contributed by atoms with Gasteiger partial charge in [0.15, 0.2) is 0 Å². The molecule has 0 aliphatic carbocycles. The van der Waals surface area contributed by atoms with Crippen LogP contribution >= 0.6 is 0 Å². The van der Waals surface area contributed by atoms with Gasteiger partial charge >= 0.3 is 0 Å². The molecular weight excluding hydrogens is 348 g/mol. The van der Waals surface area contributed by atoms with Crippen LogP contribution in [-0.2, 0) is 6.42 Å². The van der Waals surface area contributed by atoms with Crippen molar-refractivity contribution in [3.63, 3.8) is 0 Å². The van der Waals surface area contributed by atoms with Crippen LogP contribution in [0, 0.1) is 6.92 Å². The summed E-state index contributed by atoms with van der Waals surface area (Å²) >= 11 is 0. The largest absolute Gasteiger partial charge is 0.361 e. The molecule has 0 atom stereocenters. The Labute approximate surface area is 163 Å². The summed E-state index contributed by atoms with van der Waals surface area (Å²) in [5, 5.41) is 7.47. The number of H-pyrrole nitrogens is 1. The van der Waals surface area contributed by atoms with E-state index in [0.29, 0.717) is 12.1 Å². The Morgan fingerprint density at radius 1 is 1.04 bits per heavy atom. The zero-order chi connectivity index (χ0) is 19.3. The predicted molar refractivity (Wildman–Crippen MR) is 113 cm³/mol. The van der Waals surface area contributed by atoms with Crippen LogP contribution in [0.1, 0.15) is 21.5 Å². The highest BCUT2D eigenvalue weighted by atomic mass is 16.1. The molecule has 2 aromatic carbocycles. The zero-order valence-electron chi connectivity index (χ0n) is 15.7. The maximum Gasteiger partial charge on any atom is 0.252 e. The molecule has 4 rings (SSSR count). The number of amides is 1. The third-order valence-electron chi connectivity index (χ3n) is 4.66. The number of carbonyl (C=O) groups is 1. The van der Waals surface area contributed by atoms with Gasteiger partial charge in [0.25, 0.3) is 5.91 Å². The number of aryl methyl sites for hydroxylation is 1. The molecule has 5 nitrogen and oxygen atoms in total. The van der Waals surface area contributed by atoms with E-state index in [1.54, 1.807) is 12.4 Å². The fourth-order valence-corrected chi connectivity index (χ4v) is 3.27. The number of hydrogen-bond acceptors (Lipinski definition) is 3. The highest BCUT2D eigenvalue weighted by molar-refractivity contribution is 5.95. The Hall–Kier alpha value is -3.60. The van der Waals surface area contributed by atoms with Crippen molar-refractivity contribution in [2.24, 2.45) is 0 Å². The van der Waals surface area contributed by atoms with Crippen LogP contribution < -0.4 is 10.6 Å². The number of rotatable bonds is 6. The topological polar surface area (TPSA) is 69.8 Å². The molecule has 4 aromatic rings. The molecule has 1 amide bonds. The van der Waals surface area contributed by atoms with Crippen molar-refractivity contribution in [1.82, 2.24) is 15.3 Å². The molecule has 28 heavy (non-hydrogen) atoms. The first-order valence-corrected chi connectivity index (χ1v) is 9.31. The average molecular weight is 370 g/mol. The zero-order valence-corrected chi connectivity index (χ0v) is 15.7. The minimum absolute atomic E-state index is 0.125. The Bertz CT molecular complexity index is 1120. The summed E-state index contributed by atoms with van der Waals surface area (Å²) in [5.74, 6) is -0.125. The van der Waals surface area contributed by atoms with Crippen molar-refractivity contribution in [1.29, 1.82) is 0 Å². The maximum atomic E-state index is 12.5. The van der Waals surface area contributed by atoms with E-state index in [1.807, 2.05) is 55.6 Å². The van der Waals surface area contributed by atoms with Gasteiger partial charge in [-0.25, -0.2) is 0 Å². The number of benzene rings is 2. The number of nitrogens with one attached hydrogen (secondary N) is 3. The summed E-state index contributed by atoms with van der Waals surface area (Å²) in [6, 6.07) is 18.1. The lowest BCUT2D eigenvalue weighted by Crippen LogP contribution is -2.25. The summed E-state index contributed by atoms with van der Waals surface area (Å²) in [7, 11) is 0. The van der Waals surface area contributed by atoms with Crippen molar-refractivity contribution in [2.75, 3.05) is 11.9 Å². The molecule has 0 unspecified atom stereocenters. The van der Waals surface area contributed by atoms with Gasteiger partial charge in [0.05, 0.1) is 17.4 Å². The van der Waals surface area contributed by atoms with Crippen LogP contribution in [0.15, 0.2) is 73.2 Å². The number of nitrogens with zero attached hydrogens (tertiary/aromatic N) is 1. The highest BCUT2D eigenvalue weighted by Gasteiger charge is 2.08. The second-order valence-corrected chi connectivity index (χ2v) is 6.82. The molecule has 2 heterocycles. The molecule has 0 spiro atoms. The van der Waals surface area contributed by atoms with E-state index in [2.05, 4.69) is 32.7 Å². The third kappa shape index (κ3) is 4.04. The molecule has 0 aliphatic heterocycles. The first-order chi connectivity index (χ1) is 13.7. The van der Waals surface area contributed by atoms with Gasteiger partial charge in [-0.1, -0.05) is 30.3 Å². The van der Waals surface area contributed by atoms with Gasteiger partial charge in [0.1, 0.15) is 0 Å². The molecule has 0 radical (unpaired) electrons. The SMILES string of the molecule is Cc1cccc(Nc2cncc(C(=O)NCCc3c[nH]c4ccccc34)c2)c1. The summed E-state index contributed by atoms with van der Waals surface area (Å²) in [4.78, 5) is 20.0. The number of aromatic nitrogens is 2. The van der Waals surface area contributed by atoms with Crippen molar-refractivity contribution >= 4 is 28.2 Å². The van der Waals surface area contributed by atoms with Gasteiger partial charge in [0.2, 0.25) is 0 Å². The molecule has 0 saturated heterocycles. The number of anilines is 2. The average Bonchev–Trinajstić information content (AvgIpc) is 3.11. The molecular formula is C23H22N4O. The second kappa shape index (κ2) is 7.96. The van der Waals surface area contributed by atoms with Gasteiger partial charge in [-0.15, -0.1) is 0 Å². The van der Waals surface area contributed by atoms with E-state index >= 15 is 0 Å². The van der Waals surface area contributed by atoms with Gasteiger partial charge in [-0.2, -0.15) is 0 Å². The quantitative estimate of drug-likeness (QED) is 0.465. The number of fused-ring (bicyclic) bond motifs is 1. The minimum Gasteiger partial charge on any atom is -0.361 e. The first-order valence-electron chi connectivity index (χ1n) is 9.31. The highest BCUT2D eigenvalue weighted by Crippen LogP contribution is 2.19. The van der Waals surface area contributed by atoms with Crippen LogP contribution in [0.5, 0.6) is 0 Å². The lowest BCUT2D eigenvalue weighted by molar-refractivity contribution is 0.0954. The van der Waals surface area contributed by atoms with Crippen LogP contribution in [0.4, 0.5) is 11.4 Å². The minimum atomic E-state index is -0.125. The number of aromatic amines is 1. The predicted octanol–water partition coefficient (Wildman–Crippen LogP) is 4.59. The van der Waals surface area contributed by atoms with E-state index in [0.717, 1.165) is 23.3 Å². The number of para-hydroxylation sites is 1. The van der Waals surface area contributed by atoms with Gasteiger partial charge in [0, 0.05) is 35.5 Å². The number of hydrogen-bond donors (Lipinski definition) is 3. The van der Waals surface area contributed by atoms with Crippen molar-refractivity contribution in [3.8, 4) is 0 Å². The van der Waals surface area contributed by atoms with Crippen molar-refractivity contribution < 1.29 is 4.79 Å². The monoisotopic (exact) mass is 370 g/mol. The van der Waals surface area contributed by atoms with Gasteiger partial charge in [-0.05, 0) is 48.7 Å². The van der Waals surface area contributed by atoms with Gasteiger partial charge in [-0.3, -0.25) is 9.78 Å². The lowest BCUT2D eigenvalue weighted by atomic mass is 10.1. The smallest absolute Gasteiger partial charge is 0.252 e. The van der Waals surface area contributed by atoms with Crippen molar-refractivity contribution in [2.45, 2.75) is 13.3 Å². The Kier molecular flexibility index (Phi) is 5.06. The molecule has 0 bridgehead atoms. The van der Waals surface area contributed by atoms with E-state index < -0.39 is 0 Å². The van der Waals surface area contributed by atoms with Crippen LogP contribution in [0.2, 0.25) is 0 Å². The molecule has 2 aromatic heterocycles. The fourth-order valence-electron chi connectivity index (χ4n) is 3.27. The van der Waals surface area contributed by atoms with E-state index in [4.69, 9.17) is 0 Å².